The number of amides is 1. The van der Waals surface area contributed by atoms with Gasteiger partial charge in [-0.2, -0.15) is 0 Å². The van der Waals surface area contributed by atoms with Crippen LogP contribution in [0.5, 0.6) is 0 Å². The van der Waals surface area contributed by atoms with E-state index in [9.17, 15) is 9.59 Å². The molecule has 0 bridgehead atoms. The Labute approximate surface area is 59.2 Å². The Hall–Kier alpha value is -0.900. The molecule has 1 amide bonds. The van der Waals surface area contributed by atoms with Gasteiger partial charge in [-0.1, -0.05) is 0 Å². The SMILES string of the molecule is CCN1NC(C)C(=O)C1=O. The molecule has 1 unspecified atom stereocenters. The molecule has 0 aromatic rings. The third kappa shape index (κ3) is 0.903. The molecule has 1 heterocycles. The first-order valence-corrected chi connectivity index (χ1v) is 3.28. The molecule has 1 saturated heterocycles. The molecule has 1 aliphatic heterocycles. The molecule has 0 spiro atoms. The molecule has 1 aliphatic rings. The maximum absolute atomic E-state index is 10.9. The third-order valence-corrected chi connectivity index (χ3v) is 1.51. The lowest BCUT2D eigenvalue weighted by Crippen LogP contribution is -2.36. The molecule has 1 rings (SSSR count). The normalized spacial score (nSPS) is 26.2. The predicted molar refractivity (Wildman–Crippen MR) is 35.0 cm³/mol. The van der Waals surface area contributed by atoms with Crippen LogP contribution in [0.25, 0.3) is 0 Å². The highest BCUT2D eigenvalue weighted by atomic mass is 16.2. The van der Waals surface area contributed by atoms with Gasteiger partial charge in [0.25, 0.3) is 0 Å². The van der Waals surface area contributed by atoms with Crippen molar-refractivity contribution in [2.45, 2.75) is 19.9 Å². The van der Waals surface area contributed by atoms with Crippen LogP contribution in [0.3, 0.4) is 0 Å². The van der Waals surface area contributed by atoms with Crippen molar-refractivity contribution in [1.82, 2.24) is 10.4 Å². The largest absolute Gasteiger partial charge is 0.305 e. The number of ketones is 1. The van der Waals surface area contributed by atoms with Crippen LogP contribution in [0, 0.1) is 0 Å². The Bertz CT molecular complexity index is 179. The number of nitrogens with zero attached hydrogens (tertiary/aromatic N) is 1. The highest BCUT2D eigenvalue weighted by molar-refractivity contribution is 6.39. The van der Waals surface area contributed by atoms with Crippen LogP contribution in [0.4, 0.5) is 0 Å². The molecule has 0 radical (unpaired) electrons. The zero-order valence-corrected chi connectivity index (χ0v) is 6.05. The average Bonchev–Trinajstić information content (AvgIpc) is 2.17. The number of hydrazine groups is 1. The topological polar surface area (TPSA) is 49.4 Å². The minimum atomic E-state index is -0.421. The minimum absolute atomic E-state index is 0.340. The van der Waals surface area contributed by atoms with Crippen LogP contribution in [0.1, 0.15) is 13.8 Å². The van der Waals surface area contributed by atoms with E-state index in [0.717, 1.165) is 0 Å². The second kappa shape index (κ2) is 2.38. The summed E-state index contributed by atoms with van der Waals surface area (Å²) < 4.78 is 0. The van der Waals surface area contributed by atoms with Crippen molar-refractivity contribution in [3.8, 4) is 0 Å². The van der Waals surface area contributed by atoms with Crippen molar-refractivity contribution in [1.29, 1.82) is 0 Å². The quantitative estimate of drug-likeness (QED) is 0.493. The van der Waals surface area contributed by atoms with Gasteiger partial charge < -0.3 is 0 Å². The number of hydrogen-bond donors (Lipinski definition) is 1. The Balaban J connectivity index is 2.71. The molecule has 10 heavy (non-hydrogen) atoms. The van der Waals surface area contributed by atoms with E-state index in [-0.39, 0.29) is 11.8 Å². The van der Waals surface area contributed by atoms with E-state index in [0.29, 0.717) is 6.54 Å². The number of likely N-dealkylation sites (N-methyl/N-ethyl adjacent to an activating group) is 1. The summed E-state index contributed by atoms with van der Waals surface area (Å²) in [6.45, 7) is 4.03. The Morgan fingerprint density at radius 3 is 2.40 bits per heavy atom. The van der Waals surface area contributed by atoms with E-state index in [1.165, 1.54) is 5.01 Å². The first-order chi connectivity index (χ1) is 4.66. The van der Waals surface area contributed by atoms with Gasteiger partial charge in [-0.15, -0.1) is 0 Å². The highest BCUT2D eigenvalue weighted by Gasteiger charge is 2.34. The van der Waals surface area contributed by atoms with Gasteiger partial charge in [0.2, 0.25) is 5.78 Å². The lowest BCUT2D eigenvalue weighted by Gasteiger charge is -2.11. The fourth-order valence-corrected chi connectivity index (χ4v) is 0.904. The molecule has 1 fully saturated rings. The van der Waals surface area contributed by atoms with Crippen molar-refractivity contribution >= 4 is 11.7 Å². The van der Waals surface area contributed by atoms with Gasteiger partial charge in [0.05, 0.1) is 6.04 Å². The summed E-state index contributed by atoms with van der Waals surface area (Å²) in [5.41, 5.74) is 2.74. The monoisotopic (exact) mass is 142 g/mol. The number of carbonyl (C=O) groups excluding carboxylic acids is 2. The van der Waals surface area contributed by atoms with Crippen LogP contribution in [-0.2, 0) is 9.59 Å². The van der Waals surface area contributed by atoms with Crippen molar-refractivity contribution in [3.05, 3.63) is 0 Å². The Kier molecular flexibility index (Phi) is 1.72. The minimum Gasteiger partial charge on any atom is -0.287 e. The Morgan fingerprint density at radius 1 is 1.60 bits per heavy atom. The van der Waals surface area contributed by atoms with Gasteiger partial charge in [-0.25, -0.2) is 5.43 Å². The fraction of sp³-hybridized carbons (Fsp3) is 0.667. The van der Waals surface area contributed by atoms with Crippen LogP contribution >= 0.6 is 0 Å². The fourth-order valence-electron chi connectivity index (χ4n) is 0.904. The molecule has 1 atom stereocenters. The molecule has 4 heteroatoms. The van der Waals surface area contributed by atoms with Crippen molar-refractivity contribution < 1.29 is 9.59 Å². The third-order valence-electron chi connectivity index (χ3n) is 1.51. The van der Waals surface area contributed by atoms with Gasteiger partial charge >= 0.3 is 5.91 Å². The van der Waals surface area contributed by atoms with Crippen LogP contribution in [0.15, 0.2) is 0 Å². The van der Waals surface area contributed by atoms with Gasteiger partial charge in [0.1, 0.15) is 0 Å². The summed E-state index contributed by atoms with van der Waals surface area (Å²) in [4.78, 5) is 21.7. The first-order valence-electron chi connectivity index (χ1n) is 3.28. The van der Waals surface area contributed by atoms with Crippen LogP contribution in [-0.4, -0.2) is 29.3 Å². The maximum atomic E-state index is 10.9. The van der Waals surface area contributed by atoms with E-state index in [1.54, 1.807) is 6.92 Å². The predicted octanol–water partition coefficient (Wildman–Crippen LogP) is -0.689. The zero-order chi connectivity index (χ0) is 7.72. The first kappa shape index (κ1) is 7.21. The lowest BCUT2D eigenvalue weighted by molar-refractivity contribution is -0.140. The number of nitrogens with one attached hydrogen (secondary N) is 1. The average molecular weight is 142 g/mol. The van der Waals surface area contributed by atoms with Crippen molar-refractivity contribution in [2.24, 2.45) is 0 Å². The smallest absolute Gasteiger partial charge is 0.287 e. The standard InChI is InChI=1S/C6H10N2O2/c1-3-8-6(10)5(9)4(2)7-8/h4,7H,3H2,1-2H3. The summed E-state index contributed by atoms with van der Waals surface area (Å²) in [5, 5.41) is 1.33. The molecule has 1 N–H and O–H groups in total. The number of Topliss-reactive ketones (excluding diaryl/α,β-unsaturated/α-hetero) is 1. The highest BCUT2D eigenvalue weighted by Crippen LogP contribution is 2.01. The van der Waals surface area contributed by atoms with Crippen LogP contribution in [0.2, 0.25) is 0 Å². The van der Waals surface area contributed by atoms with Crippen molar-refractivity contribution in [3.63, 3.8) is 0 Å². The summed E-state index contributed by atoms with van der Waals surface area (Å²) in [6.07, 6.45) is 0. The molecule has 0 aliphatic carbocycles. The van der Waals surface area contributed by atoms with Gasteiger partial charge in [0, 0.05) is 6.54 Å². The van der Waals surface area contributed by atoms with E-state index in [2.05, 4.69) is 5.43 Å². The number of hydrogen-bond acceptors (Lipinski definition) is 3. The maximum Gasteiger partial charge on any atom is 0.305 e. The van der Waals surface area contributed by atoms with E-state index < -0.39 is 5.91 Å². The molecule has 0 saturated carbocycles. The second-order valence-corrected chi connectivity index (χ2v) is 2.26. The summed E-state index contributed by atoms with van der Waals surface area (Å²) in [5.74, 6) is -0.767. The summed E-state index contributed by atoms with van der Waals surface area (Å²) in [7, 11) is 0. The summed E-state index contributed by atoms with van der Waals surface area (Å²) in [6, 6.07) is -0.340. The number of carbonyl (C=O) groups is 2. The molecule has 4 nitrogen and oxygen atoms in total. The zero-order valence-electron chi connectivity index (χ0n) is 6.05. The number of rotatable bonds is 1. The van der Waals surface area contributed by atoms with Gasteiger partial charge in [0.15, 0.2) is 0 Å². The van der Waals surface area contributed by atoms with E-state index >= 15 is 0 Å². The van der Waals surface area contributed by atoms with Crippen LogP contribution < -0.4 is 5.43 Å². The lowest BCUT2D eigenvalue weighted by atomic mass is 10.2. The molecule has 56 valence electrons. The molecular formula is C6H10N2O2. The molecule has 0 aromatic carbocycles. The summed E-state index contributed by atoms with van der Waals surface area (Å²) >= 11 is 0. The van der Waals surface area contributed by atoms with Crippen molar-refractivity contribution in [2.75, 3.05) is 6.54 Å². The Morgan fingerprint density at radius 2 is 2.20 bits per heavy atom. The van der Waals surface area contributed by atoms with Gasteiger partial charge in [-0.3, -0.25) is 14.6 Å². The molecular weight excluding hydrogens is 132 g/mol. The van der Waals surface area contributed by atoms with E-state index in [4.69, 9.17) is 0 Å². The molecule has 0 aromatic heterocycles. The van der Waals surface area contributed by atoms with Gasteiger partial charge in [-0.05, 0) is 13.8 Å². The van der Waals surface area contributed by atoms with E-state index in [1.807, 2.05) is 6.92 Å². The second-order valence-electron chi connectivity index (χ2n) is 2.26.